The van der Waals surface area contributed by atoms with Crippen LogP contribution < -0.4 is 4.90 Å². The van der Waals surface area contributed by atoms with Crippen LogP contribution in [0.5, 0.6) is 0 Å². The van der Waals surface area contributed by atoms with Crippen LogP contribution in [0, 0.1) is 5.41 Å². The molecule has 37 heavy (non-hydrogen) atoms. The smallest absolute Gasteiger partial charge is 0.129 e. The maximum Gasteiger partial charge on any atom is 0.129 e. The Balaban J connectivity index is 1.50. The summed E-state index contributed by atoms with van der Waals surface area (Å²) in [5.41, 5.74) is 10.6. The topological polar surface area (TPSA) is 30.3 Å². The lowest BCUT2D eigenvalue weighted by atomic mass is 9.87. The van der Waals surface area contributed by atoms with Gasteiger partial charge in [-0.1, -0.05) is 81.0 Å². The van der Waals surface area contributed by atoms with Gasteiger partial charge in [-0.15, -0.1) is 0 Å². The largest absolute Gasteiger partial charge is 0.377 e. The van der Waals surface area contributed by atoms with Crippen molar-refractivity contribution in [2.75, 3.05) is 19.0 Å². The van der Waals surface area contributed by atoms with Crippen LogP contribution >= 0.6 is 0 Å². The van der Waals surface area contributed by atoms with Crippen molar-refractivity contribution in [3.63, 3.8) is 0 Å². The second-order valence-corrected chi connectivity index (χ2v) is 11.7. The molecule has 3 aliphatic carbocycles. The molecular weight excluding hydrogens is 450 g/mol. The molecule has 0 heterocycles. The molecule has 2 fully saturated rings. The first-order valence-corrected chi connectivity index (χ1v) is 14.6. The maximum atomic E-state index is 9.67. The molecule has 0 aromatic heterocycles. The van der Waals surface area contributed by atoms with E-state index in [0.717, 1.165) is 17.8 Å². The van der Waals surface area contributed by atoms with Crippen molar-refractivity contribution in [1.82, 2.24) is 4.90 Å². The maximum absolute atomic E-state index is 9.67. The quantitative estimate of drug-likeness (QED) is 0.321. The predicted molar refractivity (Wildman–Crippen MR) is 159 cm³/mol. The second-order valence-electron chi connectivity index (χ2n) is 11.7. The van der Waals surface area contributed by atoms with Gasteiger partial charge in [0.1, 0.15) is 5.84 Å². The molecule has 0 spiro atoms. The molecule has 0 radical (unpaired) electrons. The summed E-state index contributed by atoms with van der Waals surface area (Å²) < 4.78 is 0. The van der Waals surface area contributed by atoms with E-state index < -0.39 is 0 Å². The van der Waals surface area contributed by atoms with Gasteiger partial charge in [-0.25, -0.2) is 0 Å². The molecule has 0 saturated heterocycles. The third-order valence-electron chi connectivity index (χ3n) is 9.23. The monoisotopic (exact) mass is 495 g/mol. The molecule has 2 aromatic rings. The third kappa shape index (κ3) is 5.15. The minimum atomic E-state index is 0.526. The Bertz CT molecular complexity index is 1170. The van der Waals surface area contributed by atoms with Crippen LogP contribution in [0.4, 0.5) is 5.69 Å². The third-order valence-corrected chi connectivity index (χ3v) is 9.23. The van der Waals surface area contributed by atoms with Crippen molar-refractivity contribution in [3.8, 4) is 0 Å². The lowest BCUT2D eigenvalue weighted by Crippen LogP contribution is -2.49. The number of para-hydroxylation sites is 1. The van der Waals surface area contributed by atoms with E-state index in [1.54, 1.807) is 0 Å². The SMILES string of the molecule is CC1=C(c2ccccc2C(=N)N(C2CCCCC2)C2CCCCC2)CC(c2ccccc2N(C)C)=C1C. The normalized spacial score (nSPS) is 19.5. The summed E-state index contributed by atoms with van der Waals surface area (Å²) in [7, 11) is 4.26. The van der Waals surface area contributed by atoms with Gasteiger partial charge in [-0.2, -0.15) is 0 Å². The minimum Gasteiger partial charge on any atom is -0.377 e. The molecule has 2 aromatic carbocycles. The number of hydrogen-bond donors (Lipinski definition) is 1. The van der Waals surface area contributed by atoms with Gasteiger partial charge in [0.25, 0.3) is 0 Å². The molecule has 0 aliphatic heterocycles. The van der Waals surface area contributed by atoms with Crippen molar-refractivity contribution >= 4 is 22.7 Å². The van der Waals surface area contributed by atoms with E-state index in [1.165, 1.54) is 103 Å². The molecule has 0 unspecified atom stereocenters. The number of benzene rings is 2. The summed E-state index contributed by atoms with van der Waals surface area (Å²) in [6.45, 7) is 4.57. The lowest BCUT2D eigenvalue weighted by Gasteiger charge is -2.43. The fraction of sp³-hybridized carbons (Fsp3) is 0.500. The van der Waals surface area contributed by atoms with Crippen LogP contribution in [0.2, 0.25) is 0 Å². The molecule has 2 saturated carbocycles. The van der Waals surface area contributed by atoms with Crippen LogP contribution in [0.1, 0.15) is 101 Å². The van der Waals surface area contributed by atoms with Gasteiger partial charge in [-0.05, 0) is 79.9 Å². The van der Waals surface area contributed by atoms with E-state index in [-0.39, 0.29) is 0 Å². The van der Waals surface area contributed by atoms with Gasteiger partial charge in [-0.3, -0.25) is 5.41 Å². The Morgan fingerprint density at radius 3 is 1.73 bits per heavy atom. The molecule has 3 heteroatoms. The Labute approximate surface area is 224 Å². The highest BCUT2D eigenvalue weighted by atomic mass is 15.2. The number of allylic oxidation sites excluding steroid dienone is 4. The summed E-state index contributed by atoms with van der Waals surface area (Å²) >= 11 is 0. The van der Waals surface area contributed by atoms with Crippen LogP contribution in [-0.4, -0.2) is 36.9 Å². The van der Waals surface area contributed by atoms with Crippen LogP contribution in [0.25, 0.3) is 11.1 Å². The summed E-state index contributed by atoms with van der Waals surface area (Å²) in [5, 5.41) is 9.67. The summed E-state index contributed by atoms with van der Waals surface area (Å²) in [4.78, 5) is 4.81. The molecule has 0 atom stereocenters. The number of anilines is 1. The zero-order valence-electron chi connectivity index (χ0n) is 23.4. The average Bonchev–Trinajstić information content (AvgIpc) is 3.23. The fourth-order valence-electron chi connectivity index (χ4n) is 7.08. The van der Waals surface area contributed by atoms with E-state index in [2.05, 4.69) is 86.3 Å². The second kappa shape index (κ2) is 11.3. The van der Waals surface area contributed by atoms with Gasteiger partial charge in [0.05, 0.1) is 0 Å². The Morgan fingerprint density at radius 2 is 1.16 bits per heavy atom. The number of nitrogens with zero attached hydrogens (tertiary/aromatic N) is 2. The van der Waals surface area contributed by atoms with E-state index in [9.17, 15) is 5.41 Å². The summed E-state index contributed by atoms with van der Waals surface area (Å²) in [6.07, 6.45) is 13.9. The van der Waals surface area contributed by atoms with Gasteiger partial charge in [0.15, 0.2) is 0 Å². The molecule has 3 nitrogen and oxygen atoms in total. The average molecular weight is 496 g/mol. The van der Waals surface area contributed by atoms with Crippen molar-refractivity contribution in [3.05, 3.63) is 76.4 Å². The molecule has 3 aliphatic rings. The van der Waals surface area contributed by atoms with Gasteiger partial charge in [0.2, 0.25) is 0 Å². The lowest BCUT2D eigenvalue weighted by molar-refractivity contribution is 0.157. The van der Waals surface area contributed by atoms with E-state index in [4.69, 9.17) is 0 Å². The standard InChI is InChI=1S/C34H45N3/c1-24-25(2)32(29-20-13-14-22-33(29)36(3)4)23-31(24)28-19-11-12-21-30(28)34(35)37(26-15-7-5-8-16-26)27-17-9-6-10-18-27/h11-14,19-22,26-27,35H,5-10,15-18,23H2,1-4H3. The first kappa shape index (κ1) is 25.8. The number of amidine groups is 1. The number of rotatable bonds is 6. The minimum absolute atomic E-state index is 0.526. The van der Waals surface area contributed by atoms with Gasteiger partial charge >= 0.3 is 0 Å². The fourth-order valence-corrected chi connectivity index (χ4v) is 7.08. The Kier molecular flexibility index (Phi) is 7.88. The summed E-state index contributed by atoms with van der Waals surface area (Å²) in [6, 6.07) is 18.6. The van der Waals surface area contributed by atoms with Crippen LogP contribution in [0.3, 0.4) is 0 Å². The summed E-state index contributed by atoms with van der Waals surface area (Å²) in [5.74, 6) is 0.773. The Morgan fingerprint density at radius 1 is 0.676 bits per heavy atom. The molecule has 5 rings (SSSR count). The zero-order chi connectivity index (χ0) is 25.9. The van der Waals surface area contributed by atoms with Crippen molar-refractivity contribution in [2.45, 2.75) is 96.6 Å². The zero-order valence-corrected chi connectivity index (χ0v) is 23.4. The Hall–Kier alpha value is -2.81. The molecule has 0 amide bonds. The molecule has 196 valence electrons. The first-order chi connectivity index (χ1) is 18.0. The van der Waals surface area contributed by atoms with Crippen LogP contribution in [0.15, 0.2) is 59.7 Å². The van der Waals surface area contributed by atoms with E-state index in [0.29, 0.717) is 12.1 Å². The van der Waals surface area contributed by atoms with E-state index in [1.807, 2.05) is 0 Å². The van der Waals surface area contributed by atoms with E-state index >= 15 is 0 Å². The predicted octanol–water partition coefficient (Wildman–Crippen LogP) is 8.70. The van der Waals surface area contributed by atoms with Crippen LogP contribution in [-0.2, 0) is 0 Å². The highest BCUT2D eigenvalue weighted by Crippen LogP contribution is 2.46. The molecule has 1 N–H and O–H groups in total. The highest BCUT2D eigenvalue weighted by molar-refractivity contribution is 6.04. The van der Waals surface area contributed by atoms with Crippen molar-refractivity contribution in [2.24, 2.45) is 0 Å². The van der Waals surface area contributed by atoms with Crippen molar-refractivity contribution in [1.29, 1.82) is 5.41 Å². The molecular formula is C34H45N3. The van der Waals surface area contributed by atoms with Gasteiger partial charge < -0.3 is 9.80 Å². The van der Waals surface area contributed by atoms with Crippen molar-refractivity contribution < 1.29 is 0 Å². The number of hydrogen-bond acceptors (Lipinski definition) is 2. The highest BCUT2D eigenvalue weighted by Gasteiger charge is 2.33. The number of nitrogens with one attached hydrogen (secondary N) is 1. The first-order valence-electron chi connectivity index (χ1n) is 14.6. The van der Waals surface area contributed by atoms with Gasteiger partial charge in [0, 0.05) is 43.0 Å². The molecule has 0 bridgehead atoms.